The van der Waals surface area contributed by atoms with E-state index in [0.717, 1.165) is 18.5 Å². The van der Waals surface area contributed by atoms with Crippen LogP contribution in [0.2, 0.25) is 0 Å². The number of carbonyl (C=O) groups is 1. The molecule has 0 N–H and O–H groups in total. The van der Waals surface area contributed by atoms with Gasteiger partial charge in [-0.05, 0) is 24.1 Å². The highest BCUT2D eigenvalue weighted by Gasteiger charge is 2.19. The van der Waals surface area contributed by atoms with Gasteiger partial charge >= 0.3 is 0 Å². The van der Waals surface area contributed by atoms with Crippen LogP contribution in [0, 0.1) is 5.82 Å². The van der Waals surface area contributed by atoms with Crippen LogP contribution in [0.15, 0.2) is 24.3 Å². The summed E-state index contributed by atoms with van der Waals surface area (Å²) >= 11 is 0. The normalized spacial score (nSPS) is 16.4. The molecule has 74 valence electrons. The number of hydrogen-bond acceptors (Lipinski definition) is 1. The van der Waals surface area contributed by atoms with E-state index in [1.165, 1.54) is 12.1 Å². The van der Waals surface area contributed by atoms with Crippen LogP contribution < -0.4 is 0 Å². The minimum absolute atomic E-state index is 0.203. The molecule has 0 aliphatic carbocycles. The number of benzene rings is 1. The van der Waals surface area contributed by atoms with Crippen molar-refractivity contribution >= 4 is 5.91 Å². The number of carbonyl (C=O) groups excluding carboxylic acids is 1. The molecule has 0 bridgehead atoms. The lowest BCUT2D eigenvalue weighted by Crippen LogP contribution is -2.23. The third kappa shape index (κ3) is 1.92. The summed E-state index contributed by atoms with van der Waals surface area (Å²) in [5.74, 6) is -0.0316. The van der Waals surface area contributed by atoms with Gasteiger partial charge in [0.25, 0.3) is 0 Å². The molecule has 3 heteroatoms. The van der Waals surface area contributed by atoms with Crippen LogP contribution in [0.25, 0.3) is 0 Å². The highest BCUT2D eigenvalue weighted by molar-refractivity contribution is 5.78. The Morgan fingerprint density at radius 2 is 2.00 bits per heavy atom. The van der Waals surface area contributed by atoms with E-state index in [9.17, 15) is 9.18 Å². The van der Waals surface area contributed by atoms with Gasteiger partial charge in [0.15, 0.2) is 0 Å². The van der Waals surface area contributed by atoms with Crippen molar-refractivity contribution in [3.05, 3.63) is 35.6 Å². The molecule has 2 nitrogen and oxygen atoms in total. The van der Waals surface area contributed by atoms with E-state index < -0.39 is 0 Å². The molecule has 1 heterocycles. The lowest BCUT2D eigenvalue weighted by molar-refractivity contribution is -0.128. The second kappa shape index (κ2) is 3.78. The molecule has 0 unspecified atom stereocenters. The molecule has 1 amide bonds. The molecule has 1 aliphatic rings. The number of hydrogen-bond donors (Lipinski definition) is 0. The first-order valence-electron chi connectivity index (χ1n) is 4.78. The molecular formula is C11H12FNO. The van der Waals surface area contributed by atoms with Crippen LogP contribution in [0.4, 0.5) is 4.39 Å². The molecule has 0 saturated carbocycles. The fourth-order valence-electron chi connectivity index (χ4n) is 1.68. The zero-order chi connectivity index (χ0) is 9.97. The molecule has 1 aromatic rings. The van der Waals surface area contributed by atoms with Crippen LogP contribution >= 0.6 is 0 Å². The second-order valence-electron chi connectivity index (χ2n) is 3.55. The van der Waals surface area contributed by atoms with Crippen molar-refractivity contribution < 1.29 is 9.18 Å². The van der Waals surface area contributed by atoms with Crippen molar-refractivity contribution in [2.75, 3.05) is 6.54 Å². The van der Waals surface area contributed by atoms with Gasteiger partial charge in [-0.15, -0.1) is 0 Å². The van der Waals surface area contributed by atoms with Crippen molar-refractivity contribution in [3.8, 4) is 0 Å². The van der Waals surface area contributed by atoms with E-state index in [1.807, 2.05) is 4.90 Å². The topological polar surface area (TPSA) is 20.3 Å². The number of nitrogens with zero attached hydrogens (tertiary/aromatic N) is 1. The average Bonchev–Trinajstić information content (AvgIpc) is 2.56. The molecule has 14 heavy (non-hydrogen) atoms. The van der Waals surface area contributed by atoms with Crippen LogP contribution in [-0.4, -0.2) is 17.4 Å². The minimum Gasteiger partial charge on any atom is -0.338 e. The van der Waals surface area contributed by atoms with Gasteiger partial charge < -0.3 is 4.90 Å². The van der Waals surface area contributed by atoms with E-state index >= 15 is 0 Å². The quantitative estimate of drug-likeness (QED) is 0.703. The third-order valence-electron chi connectivity index (χ3n) is 2.46. The Balaban J connectivity index is 2.03. The molecule has 1 fully saturated rings. The van der Waals surface area contributed by atoms with Crippen molar-refractivity contribution in [1.82, 2.24) is 4.90 Å². The maximum atomic E-state index is 12.6. The van der Waals surface area contributed by atoms with E-state index in [2.05, 4.69) is 0 Å². The average molecular weight is 193 g/mol. The first-order chi connectivity index (χ1) is 6.75. The maximum absolute atomic E-state index is 12.6. The van der Waals surface area contributed by atoms with Crippen molar-refractivity contribution in [1.29, 1.82) is 0 Å². The van der Waals surface area contributed by atoms with Gasteiger partial charge in [0.2, 0.25) is 5.91 Å². The maximum Gasteiger partial charge on any atom is 0.222 e. The van der Waals surface area contributed by atoms with E-state index in [1.54, 1.807) is 12.1 Å². The van der Waals surface area contributed by atoms with Gasteiger partial charge in [-0.3, -0.25) is 4.79 Å². The van der Waals surface area contributed by atoms with Crippen molar-refractivity contribution in [2.45, 2.75) is 19.4 Å². The Hall–Kier alpha value is -1.38. The van der Waals surface area contributed by atoms with E-state index in [-0.39, 0.29) is 11.7 Å². The predicted octanol–water partition coefficient (Wildman–Crippen LogP) is 1.95. The first kappa shape index (κ1) is 9.19. The molecule has 0 spiro atoms. The van der Waals surface area contributed by atoms with Crippen molar-refractivity contribution in [2.24, 2.45) is 0 Å². The number of likely N-dealkylation sites (tertiary alicyclic amines) is 1. The first-order valence-corrected chi connectivity index (χ1v) is 4.78. The molecule has 0 radical (unpaired) electrons. The van der Waals surface area contributed by atoms with Crippen LogP contribution in [0.1, 0.15) is 18.4 Å². The Morgan fingerprint density at radius 3 is 2.57 bits per heavy atom. The van der Waals surface area contributed by atoms with Crippen LogP contribution in [-0.2, 0) is 11.3 Å². The zero-order valence-corrected chi connectivity index (χ0v) is 7.87. The molecule has 1 aliphatic heterocycles. The minimum atomic E-state index is -0.235. The van der Waals surface area contributed by atoms with Crippen LogP contribution in [0.5, 0.6) is 0 Å². The molecule has 2 rings (SSSR count). The molecular weight excluding hydrogens is 181 g/mol. The Kier molecular flexibility index (Phi) is 2.48. The molecule has 0 aromatic heterocycles. The Labute approximate surface area is 82.3 Å². The summed E-state index contributed by atoms with van der Waals surface area (Å²) < 4.78 is 12.6. The van der Waals surface area contributed by atoms with E-state index in [4.69, 9.17) is 0 Å². The summed E-state index contributed by atoms with van der Waals surface area (Å²) in [6, 6.07) is 6.30. The molecule has 0 atom stereocenters. The fraction of sp³-hybridized carbons (Fsp3) is 0.364. The second-order valence-corrected chi connectivity index (χ2v) is 3.55. The van der Waals surface area contributed by atoms with Crippen molar-refractivity contribution in [3.63, 3.8) is 0 Å². The Bertz CT molecular complexity index is 334. The number of halogens is 1. The molecule has 1 aromatic carbocycles. The van der Waals surface area contributed by atoms with Gasteiger partial charge in [0.1, 0.15) is 5.82 Å². The monoisotopic (exact) mass is 193 g/mol. The standard InChI is InChI=1S/C11H12FNO/c12-10-5-3-9(4-6-10)8-13-7-1-2-11(13)14/h3-6H,1-2,7-8H2. The van der Waals surface area contributed by atoms with Gasteiger partial charge in [-0.25, -0.2) is 4.39 Å². The Morgan fingerprint density at radius 1 is 1.29 bits per heavy atom. The smallest absolute Gasteiger partial charge is 0.222 e. The summed E-state index contributed by atoms with van der Waals surface area (Å²) in [6.07, 6.45) is 1.60. The van der Waals surface area contributed by atoms with E-state index in [0.29, 0.717) is 13.0 Å². The lowest BCUT2D eigenvalue weighted by Gasteiger charge is -2.15. The number of rotatable bonds is 2. The van der Waals surface area contributed by atoms with Gasteiger partial charge in [0.05, 0.1) is 0 Å². The van der Waals surface area contributed by atoms with Gasteiger partial charge in [-0.2, -0.15) is 0 Å². The third-order valence-corrected chi connectivity index (χ3v) is 2.46. The highest BCUT2D eigenvalue weighted by Crippen LogP contribution is 2.14. The largest absolute Gasteiger partial charge is 0.338 e. The highest BCUT2D eigenvalue weighted by atomic mass is 19.1. The predicted molar refractivity (Wildman–Crippen MR) is 51.1 cm³/mol. The van der Waals surface area contributed by atoms with Gasteiger partial charge in [-0.1, -0.05) is 12.1 Å². The lowest BCUT2D eigenvalue weighted by atomic mass is 10.2. The zero-order valence-electron chi connectivity index (χ0n) is 7.87. The van der Waals surface area contributed by atoms with Crippen LogP contribution in [0.3, 0.4) is 0 Å². The number of amides is 1. The SMILES string of the molecule is O=C1CCCN1Cc1ccc(F)cc1. The molecule has 1 saturated heterocycles. The summed E-state index contributed by atoms with van der Waals surface area (Å²) in [4.78, 5) is 13.1. The summed E-state index contributed by atoms with van der Waals surface area (Å²) in [5, 5.41) is 0. The van der Waals surface area contributed by atoms with Gasteiger partial charge in [0, 0.05) is 19.5 Å². The summed E-state index contributed by atoms with van der Waals surface area (Å²) in [7, 11) is 0. The summed E-state index contributed by atoms with van der Waals surface area (Å²) in [5.41, 5.74) is 0.988. The fourth-order valence-corrected chi connectivity index (χ4v) is 1.68. The summed E-state index contributed by atoms with van der Waals surface area (Å²) in [6.45, 7) is 1.44.